The first-order chi connectivity index (χ1) is 12.4. The molecule has 2 aromatic carbocycles. The van der Waals surface area contributed by atoms with Crippen molar-refractivity contribution in [3.05, 3.63) is 59.7 Å². The van der Waals surface area contributed by atoms with Crippen molar-refractivity contribution in [1.29, 1.82) is 0 Å². The molecule has 0 unspecified atom stereocenters. The third-order valence-corrected chi connectivity index (χ3v) is 6.57. The maximum absolute atomic E-state index is 12.0. The van der Waals surface area contributed by atoms with Crippen LogP contribution in [0.3, 0.4) is 0 Å². The van der Waals surface area contributed by atoms with Crippen molar-refractivity contribution in [2.24, 2.45) is 0 Å². The smallest absolute Gasteiger partial charge is 0.302 e. The van der Waals surface area contributed by atoms with Crippen LogP contribution in [0.1, 0.15) is 11.1 Å². The minimum Gasteiger partial charge on any atom is -0.302 e. The number of phosphoric acid groups is 1. The van der Waals surface area contributed by atoms with Gasteiger partial charge in [-0.1, -0.05) is 24.3 Å². The van der Waals surface area contributed by atoms with Crippen molar-refractivity contribution >= 4 is 27.5 Å². The molecule has 0 aliphatic carbocycles. The summed E-state index contributed by atoms with van der Waals surface area (Å²) >= 11 is 0. The van der Waals surface area contributed by atoms with E-state index in [2.05, 4.69) is 0 Å². The van der Waals surface area contributed by atoms with Crippen molar-refractivity contribution in [1.82, 2.24) is 0 Å². The number of benzene rings is 2. The zero-order valence-electron chi connectivity index (χ0n) is 14.6. The van der Waals surface area contributed by atoms with Crippen LogP contribution in [-0.2, 0) is 46.5 Å². The van der Waals surface area contributed by atoms with Gasteiger partial charge in [-0.15, -0.1) is 0 Å². The Bertz CT molecular complexity index is 994. The Morgan fingerprint density at radius 3 is 1.52 bits per heavy atom. The number of hydrogen-bond donors (Lipinski definition) is 1. The van der Waals surface area contributed by atoms with Gasteiger partial charge in [-0.3, -0.25) is 9.05 Å². The van der Waals surface area contributed by atoms with Crippen LogP contribution in [0, 0.1) is 0 Å². The first-order valence-electron chi connectivity index (χ1n) is 7.57. The molecule has 0 atom stereocenters. The molecule has 0 fully saturated rings. The molecule has 2 rings (SSSR count). The summed E-state index contributed by atoms with van der Waals surface area (Å²) in [5.41, 5.74) is 0.768. The predicted octanol–water partition coefficient (Wildman–Crippen LogP) is 2.33. The van der Waals surface area contributed by atoms with Gasteiger partial charge < -0.3 is 4.89 Å². The molecule has 0 aliphatic heterocycles. The standard InChI is InChI=1S/C16H19O8PS2/c1-26(19,20)15-7-3-5-13(9-15)11-23-25(17,18)24-12-14-6-4-8-16(10-14)27(2,21)22/h3-10H,11-12H2,1-2H3,(H,17,18). The fraction of sp³-hybridized carbons (Fsp3) is 0.250. The van der Waals surface area contributed by atoms with E-state index in [-0.39, 0.29) is 23.0 Å². The molecule has 0 aliphatic rings. The second-order valence-corrected chi connectivity index (χ2v) is 11.3. The summed E-state index contributed by atoms with van der Waals surface area (Å²) in [7, 11) is -11.3. The Balaban J connectivity index is 2.01. The zero-order chi connectivity index (χ0) is 20.3. The fourth-order valence-electron chi connectivity index (χ4n) is 2.08. The van der Waals surface area contributed by atoms with E-state index >= 15 is 0 Å². The third-order valence-electron chi connectivity index (χ3n) is 3.44. The van der Waals surface area contributed by atoms with E-state index in [0.717, 1.165) is 12.5 Å². The van der Waals surface area contributed by atoms with Crippen LogP contribution in [0.5, 0.6) is 0 Å². The molecule has 0 heterocycles. The van der Waals surface area contributed by atoms with Gasteiger partial charge in [0.2, 0.25) is 0 Å². The molecule has 8 nitrogen and oxygen atoms in total. The van der Waals surface area contributed by atoms with Crippen molar-refractivity contribution in [3.8, 4) is 0 Å². The molecule has 0 aromatic heterocycles. The Kier molecular flexibility index (Phi) is 6.62. The fourth-order valence-corrected chi connectivity index (χ4v) is 4.16. The van der Waals surface area contributed by atoms with E-state index in [4.69, 9.17) is 9.05 Å². The quantitative estimate of drug-likeness (QED) is 0.628. The van der Waals surface area contributed by atoms with Gasteiger partial charge in [0.25, 0.3) is 0 Å². The van der Waals surface area contributed by atoms with E-state index in [1.54, 1.807) is 12.1 Å². The highest BCUT2D eigenvalue weighted by Crippen LogP contribution is 2.45. The van der Waals surface area contributed by atoms with Gasteiger partial charge in [0.05, 0.1) is 23.0 Å². The predicted molar refractivity (Wildman–Crippen MR) is 98.5 cm³/mol. The number of phosphoric ester groups is 1. The highest BCUT2D eigenvalue weighted by Gasteiger charge is 2.22. The molecule has 0 amide bonds. The van der Waals surface area contributed by atoms with E-state index < -0.39 is 27.5 Å². The van der Waals surface area contributed by atoms with Gasteiger partial charge in [0.1, 0.15) is 0 Å². The lowest BCUT2D eigenvalue weighted by molar-refractivity contribution is 0.137. The second-order valence-electron chi connectivity index (χ2n) is 5.85. The number of rotatable bonds is 8. The van der Waals surface area contributed by atoms with Crippen LogP contribution >= 0.6 is 7.82 Å². The molecule has 27 heavy (non-hydrogen) atoms. The lowest BCUT2D eigenvalue weighted by Crippen LogP contribution is -2.01. The van der Waals surface area contributed by atoms with Crippen molar-refractivity contribution in [2.45, 2.75) is 23.0 Å². The molecule has 148 valence electrons. The van der Waals surface area contributed by atoms with Crippen LogP contribution < -0.4 is 0 Å². The lowest BCUT2D eigenvalue weighted by atomic mass is 10.2. The molecule has 0 spiro atoms. The van der Waals surface area contributed by atoms with Gasteiger partial charge in [-0.05, 0) is 35.4 Å². The molecule has 1 N–H and O–H groups in total. The molecular weight excluding hydrogens is 415 g/mol. The second kappa shape index (κ2) is 8.22. The van der Waals surface area contributed by atoms with Gasteiger partial charge >= 0.3 is 7.82 Å². The topological polar surface area (TPSA) is 124 Å². The molecule has 0 bridgehead atoms. The monoisotopic (exact) mass is 434 g/mol. The molecule has 11 heteroatoms. The molecule has 0 saturated heterocycles. The highest BCUT2D eigenvalue weighted by atomic mass is 32.2. The minimum absolute atomic E-state index is 0.0647. The Hall–Kier alpha value is -1.55. The molecule has 0 saturated carbocycles. The number of sulfone groups is 2. The zero-order valence-corrected chi connectivity index (χ0v) is 17.1. The summed E-state index contributed by atoms with van der Waals surface area (Å²) in [6, 6.07) is 11.6. The average molecular weight is 434 g/mol. The van der Waals surface area contributed by atoms with E-state index in [1.165, 1.54) is 36.4 Å². The first kappa shape index (κ1) is 21.7. The van der Waals surface area contributed by atoms with E-state index in [9.17, 15) is 26.3 Å². The number of hydrogen-bond acceptors (Lipinski definition) is 7. The maximum Gasteiger partial charge on any atom is 0.472 e. The first-order valence-corrected chi connectivity index (χ1v) is 12.8. The summed E-state index contributed by atoms with van der Waals surface area (Å²) < 4.78 is 67.9. The van der Waals surface area contributed by atoms with Gasteiger partial charge in [0, 0.05) is 12.5 Å². The van der Waals surface area contributed by atoms with Crippen molar-refractivity contribution in [3.63, 3.8) is 0 Å². The SMILES string of the molecule is CS(=O)(=O)c1cccc(COP(=O)(O)OCc2cccc(S(C)(=O)=O)c2)c1. The van der Waals surface area contributed by atoms with Crippen LogP contribution in [0.25, 0.3) is 0 Å². The normalized spacial score (nSPS) is 12.9. The third kappa shape index (κ3) is 6.84. The van der Waals surface area contributed by atoms with Gasteiger partial charge in [-0.25, -0.2) is 21.4 Å². The lowest BCUT2D eigenvalue weighted by Gasteiger charge is -2.13. The highest BCUT2D eigenvalue weighted by molar-refractivity contribution is 7.91. The van der Waals surface area contributed by atoms with Crippen LogP contribution in [0.15, 0.2) is 58.3 Å². The van der Waals surface area contributed by atoms with Crippen molar-refractivity contribution < 1.29 is 35.3 Å². The summed E-state index contributed by atoms with van der Waals surface area (Å²) in [5.74, 6) is 0. The molecule has 0 radical (unpaired) electrons. The van der Waals surface area contributed by atoms with Crippen molar-refractivity contribution in [2.75, 3.05) is 12.5 Å². The van der Waals surface area contributed by atoms with E-state index in [1.807, 2.05) is 0 Å². The Labute approximate surface area is 158 Å². The average Bonchev–Trinajstić information content (AvgIpc) is 2.58. The van der Waals surface area contributed by atoms with Gasteiger partial charge in [-0.2, -0.15) is 0 Å². The summed E-state index contributed by atoms with van der Waals surface area (Å²) in [6.45, 7) is -0.666. The Morgan fingerprint density at radius 1 is 0.815 bits per heavy atom. The largest absolute Gasteiger partial charge is 0.472 e. The molecule has 2 aromatic rings. The summed E-state index contributed by atoms with van der Waals surface area (Å²) in [6.07, 6.45) is 2.11. The van der Waals surface area contributed by atoms with E-state index in [0.29, 0.717) is 11.1 Å². The van der Waals surface area contributed by atoms with Crippen LogP contribution in [-0.4, -0.2) is 34.2 Å². The minimum atomic E-state index is -4.43. The van der Waals surface area contributed by atoms with Crippen LogP contribution in [0.4, 0.5) is 0 Å². The molecular formula is C16H19O8PS2. The maximum atomic E-state index is 12.0. The summed E-state index contributed by atoms with van der Waals surface area (Å²) in [5, 5.41) is 0. The Morgan fingerprint density at radius 2 is 1.19 bits per heavy atom. The van der Waals surface area contributed by atoms with Gasteiger partial charge in [0.15, 0.2) is 19.7 Å². The van der Waals surface area contributed by atoms with Crippen LogP contribution in [0.2, 0.25) is 0 Å². The summed E-state index contributed by atoms with van der Waals surface area (Å²) in [4.78, 5) is 9.90.